The molecule has 0 aliphatic rings. The normalized spacial score (nSPS) is 12.7. The molecule has 0 aliphatic heterocycles. The van der Waals surface area contributed by atoms with Gasteiger partial charge in [0.05, 0.1) is 0 Å². The van der Waals surface area contributed by atoms with Gasteiger partial charge < -0.3 is 5.73 Å². The molecule has 0 fully saturated rings. The lowest BCUT2D eigenvalue weighted by molar-refractivity contribution is 0.723. The zero-order valence-corrected chi connectivity index (χ0v) is 12.4. The third-order valence-electron chi connectivity index (χ3n) is 2.16. The van der Waals surface area contributed by atoms with Gasteiger partial charge >= 0.3 is 0 Å². The molecule has 0 bridgehead atoms. The minimum absolute atomic E-state index is 0. The van der Waals surface area contributed by atoms with Crippen molar-refractivity contribution in [2.75, 3.05) is 0 Å². The van der Waals surface area contributed by atoms with E-state index in [2.05, 4.69) is 45.5 Å². The lowest BCUT2D eigenvalue weighted by Gasteiger charge is -2.22. The highest BCUT2D eigenvalue weighted by Gasteiger charge is 2.16. The maximum Gasteiger partial charge on any atom is 0.0340 e. The van der Waals surface area contributed by atoms with E-state index in [-0.39, 0.29) is 23.2 Å². The molecule has 0 aliphatic carbocycles. The van der Waals surface area contributed by atoms with Crippen LogP contribution in [-0.2, 0) is 0 Å². The molecule has 1 nitrogen and oxygen atoms in total. The predicted molar refractivity (Wildman–Crippen MR) is 81.0 cm³/mol. The van der Waals surface area contributed by atoms with Crippen LogP contribution in [0.2, 0.25) is 0 Å². The standard InChI is InChI=1S/C14H21NS.ClH/c1-5-8-12(15)11-9-6-7-10-13(11)16-14(2,3)4;/h5-7,9-10,12H,1,8,15H2,2-4H3;1H/t12-;/m0./s1. The Morgan fingerprint density at radius 2 is 1.94 bits per heavy atom. The lowest BCUT2D eigenvalue weighted by atomic mass is 10.1. The van der Waals surface area contributed by atoms with E-state index in [9.17, 15) is 0 Å². The van der Waals surface area contributed by atoms with Crippen LogP contribution < -0.4 is 5.73 Å². The summed E-state index contributed by atoms with van der Waals surface area (Å²) in [4.78, 5) is 1.28. The van der Waals surface area contributed by atoms with Gasteiger partial charge in [-0.05, 0) is 18.1 Å². The average molecular weight is 272 g/mol. The van der Waals surface area contributed by atoms with Gasteiger partial charge in [-0.15, -0.1) is 30.7 Å². The first-order chi connectivity index (χ1) is 7.44. The van der Waals surface area contributed by atoms with Gasteiger partial charge in [0.2, 0.25) is 0 Å². The Bertz CT molecular complexity index is 357. The second-order valence-corrected chi connectivity index (χ2v) is 6.75. The lowest BCUT2D eigenvalue weighted by Crippen LogP contribution is -2.13. The van der Waals surface area contributed by atoms with Crippen molar-refractivity contribution in [3.05, 3.63) is 42.5 Å². The molecule has 0 saturated carbocycles. The van der Waals surface area contributed by atoms with Gasteiger partial charge in [-0.2, -0.15) is 0 Å². The first-order valence-corrected chi connectivity index (χ1v) is 6.40. The molecule has 0 spiro atoms. The van der Waals surface area contributed by atoms with Crippen LogP contribution in [0.4, 0.5) is 0 Å². The van der Waals surface area contributed by atoms with E-state index < -0.39 is 0 Å². The van der Waals surface area contributed by atoms with Gasteiger partial charge in [0, 0.05) is 15.7 Å². The summed E-state index contributed by atoms with van der Waals surface area (Å²) in [5.74, 6) is 0. The fourth-order valence-electron chi connectivity index (χ4n) is 1.52. The van der Waals surface area contributed by atoms with Crippen molar-refractivity contribution in [3.63, 3.8) is 0 Å². The molecule has 0 aromatic heterocycles. The molecule has 1 rings (SSSR count). The van der Waals surface area contributed by atoms with Gasteiger partial charge in [-0.3, -0.25) is 0 Å². The first-order valence-electron chi connectivity index (χ1n) is 5.58. The molecular weight excluding hydrogens is 250 g/mol. The van der Waals surface area contributed by atoms with E-state index in [1.54, 1.807) is 0 Å². The molecule has 1 atom stereocenters. The molecule has 0 saturated heterocycles. The Morgan fingerprint density at radius 1 is 1.35 bits per heavy atom. The Hall–Kier alpha value is -0.440. The van der Waals surface area contributed by atoms with Crippen molar-refractivity contribution in [1.29, 1.82) is 0 Å². The second-order valence-electron chi connectivity index (χ2n) is 4.88. The highest BCUT2D eigenvalue weighted by Crippen LogP contribution is 2.36. The van der Waals surface area contributed by atoms with Crippen molar-refractivity contribution in [2.24, 2.45) is 5.73 Å². The van der Waals surface area contributed by atoms with Crippen molar-refractivity contribution >= 4 is 24.2 Å². The second kappa shape index (κ2) is 7.10. The minimum atomic E-state index is 0. The quantitative estimate of drug-likeness (QED) is 0.641. The van der Waals surface area contributed by atoms with Crippen LogP contribution in [0, 0.1) is 0 Å². The summed E-state index contributed by atoms with van der Waals surface area (Å²) in [5.41, 5.74) is 7.36. The number of hydrogen-bond donors (Lipinski definition) is 1. The maximum atomic E-state index is 6.14. The van der Waals surface area contributed by atoms with E-state index in [0.29, 0.717) is 0 Å². The number of thioether (sulfide) groups is 1. The minimum Gasteiger partial charge on any atom is -0.324 e. The summed E-state index contributed by atoms with van der Waals surface area (Å²) < 4.78 is 0.212. The third-order valence-corrected chi connectivity index (χ3v) is 3.36. The van der Waals surface area contributed by atoms with Crippen molar-refractivity contribution < 1.29 is 0 Å². The van der Waals surface area contributed by atoms with Crippen molar-refractivity contribution in [3.8, 4) is 0 Å². The topological polar surface area (TPSA) is 26.0 Å². The Labute approximate surface area is 115 Å². The fraction of sp³-hybridized carbons (Fsp3) is 0.429. The number of rotatable bonds is 4. The first kappa shape index (κ1) is 16.6. The molecule has 96 valence electrons. The number of halogens is 1. The van der Waals surface area contributed by atoms with Crippen LogP contribution in [0.15, 0.2) is 41.8 Å². The summed E-state index contributed by atoms with van der Waals surface area (Å²) >= 11 is 1.87. The molecule has 17 heavy (non-hydrogen) atoms. The number of hydrogen-bond acceptors (Lipinski definition) is 2. The van der Waals surface area contributed by atoms with Crippen LogP contribution in [-0.4, -0.2) is 4.75 Å². The van der Waals surface area contributed by atoms with Crippen LogP contribution in [0.1, 0.15) is 38.8 Å². The summed E-state index contributed by atoms with van der Waals surface area (Å²) in [6.45, 7) is 10.4. The number of nitrogens with two attached hydrogens (primary N) is 1. The average Bonchev–Trinajstić information content (AvgIpc) is 2.16. The molecule has 0 heterocycles. The van der Waals surface area contributed by atoms with Gasteiger partial charge in [-0.25, -0.2) is 0 Å². The highest BCUT2D eigenvalue weighted by atomic mass is 35.5. The largest absolute Gasteiger partial charge is 0.324 e. The summed E-state index contributed by atoms with van der Waals surface area (Å²) in [7, 11) is 0. The molecule has 3 heteroatoms. The zero-order valence-electron chi connectivity index (χ0n) is 10.8. The van der Waals surface area contributed by atoms with Crippen molar-refractivity contribution in [1.82, 2.24) is 0 Å². The summed E-state index contributed by atoms with van der Waals surface area (Å²) in [6, 6.07) is 8.43. The predicted octanol–water partition coefficient (Wildman–Crippen LogP) is 4.57. The van der Waals surface area contributed by atoms with Crippen LogP contribution >= 0.6 is 24.2 Å². The maximum absolute atomic E-state index is 6.14. The van der Waals surface area contributed by atoms with E-state index in [1.165, 1.54) is 10.5 Å². The summed E-state index contributed by atoms with van der Waals surface area (Å²) in [5, 5.41) is 0. The van der Waals surface area contributed by atoms with E-state index in [1.807, 2.05) is 23.9 Å². The van der Waals surface area contributed by atoms with Crippen LogP contribution in [0.3, 0.4) is 0 Å². The van der Waals surface area contributed by atoms with Crippen LogP contribution in [0.25, 0.3) is 0 Å². The van der Waals surface area contributed by atoms with Crippen LogP contribution in [0.5, 0.6) is 0 Å². The third kappa shape index (κ3) is 5.62. The van der Waals surface area contributed by atoms with Gasteiger partial charge in [0.1, 0.15) is 0 Å². The van der Waals surface area contributed by atoms with E-state index >= 15 is 0 Å². The smallest absolute Gasteiger partial charge is 0.0340 e. The van der Waals surface area contributed by atoms with E-state index in [4.69, 9.17) is 5.73 Å². The molecule has 1 aromatic rings. The molecular formula is C14H22ClNS. The Kier molecular flexibility index (Phi) is 6.91. The highest BCUT2D eigenvalue weighted by molar-refractivity contribution is 8.00. The van der Waals surface area contributed by atoms with Gasteiger partial charge in [-0.1, -0.05) is 45.0 Å². The summed E-state index contributed by atoms with van der Waals surface area (Å²) in [6.07, 6.45) is 2.70. The molecule has 0 radical (unpaired) electrons. The number of benzene rings is 1. The molecule has 2 N–H and O–H groups in total. The Balaban J connectivity index is 0.00000256. The SMILES string of the molecule is C=CC[C@H](N)c1ccccc1SC(C)(C)C.Cl. The molecule has 0 unspecified atom stereocenters. The fourth-order valence-corrected chi connectivity index (χ4v) is 2.66. The molecule has 1 aromatic carbocycles. The Morgan fingerprint density at radius 3 is 2.47 bits per heavy atom. The monoisotopic (exact) mass is 271 g/mol. The van der Waals surface area contributed by atoms with E-state index in [0.717, 1.165) is 6.42 Å². The van der Waals surface area contributed by atoms with Gasteiger partial charge in [0.15, 0.2) is 0 Å². The van der Waals surface area contributed by atoms with Gasteiger partial charge in [0.25, 0.3) is 0 Å². The zero-order chi connectivity index (χ0) is 12.2. The molecule has 0 amide bonds. The van der Waals surface area contributed by atoms with Crippen molar-refractivity contribution in [2.45, 2.75) is 42.9 Å².